The zero-order valence-corrected chi connectivity index (χ0v) is 13.5. The van der Waals surface area contributed by atoms with Gasteiger partial charge < -0.3 is 11.1 Å². The molecule has 2 rings (SSSR count). The van der Waals surface area contributed by atoms with Gasteiger partial charge in [0.2, 0.25) is 5.91 Å². The smallest absolute Gasteiger partial charge is 0.238 e. The summed E-state index contributed by atoms with van der Waals surface area (Å²) in [4.78, 5) is 14.9. The van der Waals surface area contributed by atoms with Crippen LogP contribution >= 0.6 is 12.2 Å². The van der Waals surface area contributed by atoms with Crippen molar-refractivity contribution in [2.45, 2.75) is 45.2 Å². The molecule has 0 aromatic heterocycles. The van der Waals surface area contributed by atoms with E-state index < -0.39 is 0 Å². The Labute approximate surface area is 131 Å². The number of thiocarbonyl (C=S) groups is 1. The van der Waals surface area contributed by atoms with E-state index in [2.05, 4.69) is 24.1 Å². The van der Waals surface area contributed by atoms with Crippen LogP contribution in [0.4, 0.5) is 5.69 Å². The van der Waals surface area contributed by atoms with Gasteiger partial charge in [-0.15, -0.1) is 0 Å². The number of amides is 1. The summed E-state index contributed by atoms with van der Waals surface area (Å²) >= 11 is 4.95. The maximum absolute atomic E-state index is 12.2. The first-order chi connectivity index (χ1) is 10.0. The number of carbonyl (C=O) groups is 1. The Balaban J connectivity index is 1.98. The van der Waals surface area contributed by atoms with Crippen molar-refractivity contribution in [2.75, 3.05) is 11.9 Å². The Kier molecular flexibility index (Phi) is 5.31. The molecule has 21 heavy (non-hydrogen) atoms. The van der Waals surface area contributed by atoms with E-state index in [4.69, 9.17) is 18.0 Å². The predicted molar refractivity (Wildman–Crippen MR) is 90.4 cm³/mol. The van der Waals surface area contributed by atoms with E-state index in [1.165, 1.54) is 12.8 Å². The molecular weight excluding hydrogens is 282 g/mol. The standard InChI is InChI=1S/C16H23N3OS/c1-3-14-8-7-11(2)19(14)10-15(20)18-13-6-4-5-12(9-13)16(17)21/h4-6,9,11,14H,3,7-8,10H2,1-2H3,(H2,17,21)(H,18,20). The minimum atomic E-state index is 0.0160. The maximum atomic E-state index is 12.2. The van der Waals surface area contributed by atoms with Crippen LogP contribution in [0.15, 0.2) is 24.3 Å². The molecule has 3 N–H and O–H groups in total. The van der Waals surface area contributed by atoms with E-state index in [9.17, 15) is 4.79 Å². The van der Waals surface area contributed by atoms with E-state index >= 15 is 0 Å². The number of anilines is 1. The Bertz CT molecular complexity index is 532. The molecule has 114 valence electrons. The Morgan fingerprint density at radius 3 is 2.90 bits per heavy atom. The third-order valence-electron chi connectivity index (χ3n) is 4.18. The molecule has 0 spiro atoms. The van der Waals surface area contributed by atoms with Crippen molar-refractivity contribution < 1.29 is 4.79 Å². The minimum absolute atomic E-state index is 0.0160. The summed E-state index contributed by atoms with van der Waals surface area (Å²) in [5.41, 5.74) is 7.12. The summed E-state index contributed by atoms with van der Waals surface area (Å²) in [6.07, 6.45) is 3.44. The number of nitrogens with two attached hydrogens (primary N) is 1. The van der Waals surface area contributed by atoms with Crippen LogP contribution in [0.5, 0.6) is 0 Å². The molecule has 1 aromatic carbocycles. The number of carbonyl (C=O) groups excluding carboxylic acids is 1. The number of rotatable bonds is 5. The lowest BCUT2D eigenvalue weighted by Gasteiger charge is -2.26. The molecule has 1 fully saturated rings. The molecule has 1 amide bonds. The van der Waals surface area contributed by atoms with E-state index in [1.807, 2.05) is 24.3 Å². The third kappa shape index (κ3) is 4.02. The molecule has 2 atom stereocenters. The molecule has 5 heteroatoms. The van der Waals surface area contributed by atoms with Gasteiger partial charge in [0.15, 0.2) is 0 Å². The van der Waals surface area contributed by atoms with Gasteiger partial charge in [-0.2, -0.15) is 0 Å². The van der Waals surface area contributed by atoms with Crippen molar-refractivity contribution in [3.8, 4) is 0 Å². The molecule has 0 aliphatic carbocycles. The number of hydrogen-bond donors (Lipinski definition) is 2. The Hall–Kier alpha value is -1.46. The average molecular weight is 305 g/mol. The van der Waals surface area contributed by atoms with Crippen molar-refractivity contribution in [1.29, 1.82) is 0 Å². The number of likely N-dealkylation sites (tertiary alicyclic amines) is 1. The van der Waals surface area contributed by atoms with Crippen LogP contribution in [-0.2, 0) is 4.79 Å². The highest BCUT2D eigenvalue weighted by Crippen LogP contribution is 2.25. The molecule has 1 aliphatic rings. The zero-order chi connectivity index (χ0) is 15.4. The molecule has 0 radical (unpaired) electrons. The first-order valence-corrected chi connectivity index (χ1v) is 7.87. The number of nitrogens with one attached hydrogen (secondary N) is 1. The minimum Gasteiger partial charge on any atom is -0.389 e. The van der Waals surface area contributed by atoms with Gasteiger partial charge in [-0.1, -0.05) is 31.3 Å². The van der Waals surface area contributed by atoms with Gasteiger partial charge in [0.25, 0.3) is 0 Å². The number of nitrogens with zero attached hydrogens (tertiary/aromatic N) is 1. The normalized spacial score (nSPS) is 22.2. The number of hydrogen-bond acceptors (Lipinski definition) is 3. The molecule has 1 aromatic rings. The van der Waals surface area contributed by atoms with Crippen molar-refractivity contribution in [3.05, 3.63) is 29.8 Å². The predicted octanol–water partition coefficient (Wildman–Crippen LogP) is 2.52. The molecule has 1 aliphatic heterocycles. The summed E-state index contributed by atoms with van der Waals surface area (Å²) in [7, 11) is 0. The van der Waals surface area contributed by atoms with Crippen molar-refractivity contribution in [1.82, 2.24) is 4.90 Å². The topological polar surface area (TPSA) is 58.4 Å². The fourth-order valence-corrected chi connectivity index (χ4v) is 3.09. The third-order valence-corrected chi connectivity index (χ3v) is 4.42. The summed E-state index contributed by atoms with van der Waals surface area (Å²) in [5, 5.41) is 2.93. The summed E-state index contributed by atoms with van der Waals surface area (Å²) in [6, 6.07) is 8.35. The lowest BCUT2D eigenvalue weighted by Crippen LogP contribution is -2.40. The van der Waals surface area contributed by atoms with Crippen LogP contribution in [0.1, 0.15) is 38.7 Å². The molecule has 0 bridgehead atoms. The highest BCUT2D eigenvalue weighted by molar-refractivity contribution is 7.80. The first kappa shape index (κ1) is 15.9. The van der Waals surface area contributed by atoms with Crippen LogP contribution in [-0.4, -0.2) is 34.4 Å². The van der Waals surface area contributed by atoms with Crippen molar-refractivity contribution >= 4 is 28.8 Å². The molecule has 1 heterocycles. The second kappa shape index (κ2) is 7.00. The lowest BCUT2D eigenvalue weighted by atomic mass is 10.1. The highest BCUT2D eigenvalue weighted by atomic mass is 32.1. The SMILES string of the molecule is CCC1CCC(C)N1CC(=O)Nc1cccc(C(N)=S)c1. The summed E-state index contributed by atoms with van der Waals surface area (Å²) < 4.78 is 0. The monoisotopic (exact) mass is 305 g/mol. The van der Waals surface area contributed by atoms with E-state index in [0.717, 1.165) is 17.7 Å². The van der Waals surface area contributed by atoms with E-state index in [0.29, 0.717) is 23.6 Å². The Morgan fingerprint density at radius 1 is 1.48 bits per heavy atom. The second-order valence-electron chi connectivity index (χ2n) is 5.65. The molecule has 2 unspecified atom stereocenters. The van der Waals surface area contributed by atoms with Gasteiger partial charge in [-0.05, 0) is 38.3 Å². The van der Waals surface area contributed by atoms with Gasteiger partial charge in [0.05, 0.1) is 6.54 Å². The fourth-order valence-electron chi connectivity index (χ4n) is 2.97. The van der Waals surface area contributed by atoms with Gasteiger partial charge >= 0.3 is 0 Å². The van der Waals surface area contributed by atoms with Gasteiger partial charge in [-0.25, -0.2) is 0 Å². The van der Waals surface area contributed by atoms with Crippen LogP contribution in [0.2, 0.25) is 0 Å². The van der Waals surface area contributed by atoms with Crippen molar-refractivity contribution in [3.63, 3.8) is 0 Å². The highest BCUT2D eigenvalue weighted by Gasteiger charge is 2.30. The average Bonchev–Trinajstić information content (AvgIpc) is 2.79. The largest absolute Gasteiger partial charge is 0.389 e. The van der Waals surface area contributed by atoms with Crippen LogP contribution in [0.25, 0.3) is 0 Å². The van der Waals surface area contributed by atoms with Crippen molar-refractivity contribution in [2.24, 2.45) is 5.73 Å². The second-order valence-corrected chi connectivity index (χ2v) is 6.09. The quantitative estimate of drug-likeness (QED) is 0.821. The van der Waals surface area contributed by atoms with Crippen LogP contribution in [0, 0.1) is 0 Å². The molecule has 4 nitrogen and oxygen atoms in total. The molecule has 0 saturated carbocycles. The molecular formula is C16H23N3OS. The van der Waals surface area contributed by atoms with Crippen LogP contribution < -0.4 is 11.1 Å². The zero-order valence-electron chi connectivity index (χ0n) is 12.6. The fraction of sp³-hybridized carbons (Fsp3) is 0.500. The lowest BCUT2D eigenvalue weighted by molar-refractivity contribution is -0.118. The summed E-state index contributed by atoms with van der Waals surface area (Å²) in [6.45, 7) is 4.81. The Morgan fingerprint density at radius 2 is 2.24 bits per heavy atom. The number of benzene rings is 1. The van der Waals surface area contributed by atoms with E-state index in [1.54, 1.807) is 0 Å². The van der Waals surface area contributed by atoms with Gasteiger partial charge in [0, 0.05) is 23.3 Å². The van der Waals surface area contributed by atoms with Gasteiger partial charge in [0.1, 0.15) is 4.99 Å². The molecule has 1 saturated heterocycles. The van der Waals surface area contributed by atoms with Gasteiger partial charge in [-0.3, -0.25) is 9.69 Å². The first-order valence-electron chi connectivity index (χ1n) is 7.46. The van der Waals surface area contributed by atoms with Crippen LogP contribution in [0.3, 0.4) is 0 Å². The van der Waals surface area contributed by atoms with E-state index in [-0.39, 0.29) is 5.91 Å². The summed E-state index contributed by atoms with van der Waals surface area (Å²) in [5.74, 6) is 0.0160. The maximum Gasteiger partial charge on any atom is 0.238 e.